The number of hydrogen-bond donors (Lipinski definition) is 2. The number of halogens is 1. The van der Waals surface area contributed by atoms with Gasteiger partial charge in [0.15, 0.2) is 5.13 Å². The number of rotatable bonds is 10. The van der Waals surface area contributed by atoms with E-state index < -0.39 is 5.25 Å². The molecule has 4 aromatic carbocycles. The number of hydrogen-bond acceptors (Lipinski definition) is 6. The molecule has 2 N–H and O–H groups in total. The van der Waals surface area contributed by atoms with Gasteiger partial charge in [-0.05, 0) is 66.6 Å². The van der Waals surface area contributed by atoms with Gasteiger partial charge in [-0.15, -0.1) is 11.8 Å². The van der Waals surface area contributed by atoms with Crippen molar-refractivity contribution >= 4 is 67.5 Å². The van der Waals surface area contributed by atoms with Gasteiger partial charge in [-0.2, -0.15) is 0 Å². The van der Waals surface area contributed by atoms with Crippen molar-refractivity contribution in [3.05, 3.63) is 113 Å². The Morgan fingerprint density at radius 2 is 1.75 bits per heavy atom. The van der Waals surface area contributed by atoms with E-state index in [0.29, 0.717) is 22.4 Å². The van der Waals surface area contributed by atoms with Gasteiger partial charge in [-0.3, -0.25) is 9.59 Å². The number of amides is 2. The van der Waals surface area contributed by atoms with E-state index in [2.05, 4.69) is 15.6 Å². The quantitative estimate of drug-likeness (QED) is 0.162. The van der Waals surface area contributed by atoms with Crippen LogP contribution in [-0.4, -0.2) is 23.4 Å². The van der Waals surface area contributed by atoms with Crippen molar-refractivity contribution in [2.24, 2.45) is 0 Å². The standard InChI is InChI=1S/C31H26ClN3O3S2/c1-2-38-24-15-16-26-27(19-24)40-31(34-26)35-30(37)29(21-7-4-3-5-8-21)39-25-10-6-9-23(18-25)33-28(36)17-20-11-13-22(32)14-12-20/h3-16,18-19,29H,2,17H2,1H3,(H,33,36)(H,34,35,37). The van der Waals surface area contributed by atoms with E-state index in [1.807, 2.05) is 91.9 Å². The van der Waals surface area contributed by atoms with Crippen molar-refractivity contribution in [3.8, 4) is 5.75 Å². The molecule has 1 heterocycles. The number of anilines is 2. The molecule has 1 atom stereocenters. The SMILES string of the molecule is CCOc1ccc2nc(NC(=O)C(Sc3cccc(NC(=O)Cc4ccc(Cl)cc4)c3)c3ccccc3)sc2c1. The zero-order valence-corrected chi connectivity index (χ0v) is 24.0. The summed E-state index contributed by atoms with van der Waals surface area (Å²) in [6, 6.07) is 30.0. The molecule has 2 amide bonds. The summed E-state index contributed by atoms with van der Waals surface area (Å²) >= 11 is 8.76. The lowest BCUT2D eigenvalue weighted by Crippen LogP contribution is -2.19. The number of carbonyl (C=O) groups excluding carboxylic acids is 2. The van der Waals surface area contributed by atoms with Crippen LogP contribution in [0.5, 0.6) is 5.75 Å². The molecule has 1 aromatic heterocycles. The van der Waals surface area contributed by atoms with Gasteiger partial charge < -0.3 is 15.4 Å². The van der Waals surface area contributed by atoms with E-state index in [4.69, 9.17) is 16.3 Å². The van der Waals surface area contributed by atoms with Gasteiger partial charge in [0.25, 0.3) is 0 Å². The highest BCUT2D eigenvalue weighted by atomic mass is 35.5. The number of carbonyl (C=O) groups is 2. The summed E-state index contributed by atoms with van der Waals surface area (Å²) in [7, 11) is 0. The minimum atomic E-state index is -0.535. The average Bonchev–Trinajstić information content (AvgIpc) is 3.35. The second-order valence-corrected chi connectivity index (χ2v) is 11.5. The van der Waals surface area contributed by atoms with Crippen LogP contribution in [0.4, 0.5) is 10.8 Å². The maximum atomic E-state index is 13.6. The van der Waals surface area contributed by atoms with Gasteiger partial charge in [0, 0.05) is 15.6 Å². The Morgan fingerprint density at radius 1 is 0.950 bits per heavy atom. The van der Waals surface area contributed by atoms with Crippen LogP contribution in [0.3, 0.4) is 0 Å². The van der Waals surface area contributed by atoms with Crippen molar-refractivity contribution < 1.29 is 14.3 Å². The molecule has 40 heavy (non-hydrogen) atoms. The van der Waals surface area contributed by atoms with E-state index in [9.17, 15) is 9.59 Å². The molecule has 0 saturated heterocycles. The second-order valence-electron chi connectivity index (χ2n) is 8.86. The molecule has 6 nitrogen and oxygen atoms in total. The third-order valence-corrected chi connectivity index (χ3v) is 8.32. The Hall–Kier alpha value is -3.85. The van der Waals surface area contributed by atoms with Crippen LogP contribution in [0.15, 0.2) is 102 Å². The highest BCUT2D eigenvalue weighted by Gasteiger charge is 2.23. The largest absolute Gasteiger partial charge is 0.494 e. The summed E-state index contributed by atoms with van der Waals surface area (Å²) in [4.78, 5) is 31.7. The molecule has 0 aliphatic carbocycles. The van der Waals surface area contributed by atoms with Gasteiger partial charge in [0.2, 0.25) is 11.8 Å². The van der Waals surface area contributed by atoms with E-state index in [-0.39, 0.29) is 18.2 Å². The van der Waals surface area contributed by atoms with Gasteiger partial charge in [0.05, 0.1) is 23.2 Å². The summed E-state index contributed by atoms with van der Waals surface area (Å²) in [5, 5.41) is 6.58. The first-order chi connectivity index (χ1) is 19.5. The van der Waals surface area contributed by atoms with E-state index in [1.165, 1.54) is 23.1 Å². The molecular formula is C31H26ClN3O3S2. The molecule has 1 unspecified atom stereocenters. The minimum Gasteiger partial charge on any atom is -0.494 e. The van der Waals surface area contributed by atoms with Crippen molar-refractivity contribution in [1.82, 2.24) is 4.98 Å². The smallest absolute Gasteiger partial charge is 0.244 e. The monoisotopic (exact) mass is 587 g/mol. The Labute approximate surface area is 245 Å². The molecule has 0 spiro atoms. The number of thioether (sulfide) groups is 1. The molecular weight excluding hydrogens is 562 g/mol. The van der Waals surface area contributed by atoms with Crippen LogP contribution in [0.25, 0.3) is 10.2 Å². The molecule has 0 saturated carbocycles. The number of fused-ring (bicyclic) bond motifs is 1. The first kappa shape index (κ1) is 27.7. The lowest BCUT2D eigenvalue weighted by Gasteiger charge is -2.17. The van der Waals surface area contributed by atoms with Gasteiger partial charge in [-0.25, -0.2) is 4.98 Å². The number of nitrogens with one attached hydrogen (secondary N) is 2. The average molecular weight is 588 g/mol. The number of thiazole rings is 1. The summed E-state index contributed by atoms with van der Waals surface area (Å²) in [6.45, 7) is 2.52. The number of ether oxygens (including phenoxy) is 1. The fourth-order valence-corrected chi connectivity index (χ4v) is 6.17. The normalized spacial score (nSPS) is 11.7. The molecule has 0 fully saturated rings. The lowest BCUT2D eigenvalue weighted by atomic mass is 10.1. The van der Waals surface area contributed by atoms with Crippen molar-refractivity contribution in [3.63, 3.8) is 0 Å². The zero-order valence-electron chi connectivity index (χ0n) is 21.6. The van der Waals surface area contributed by atoms with Gasteiger partial charge in [-0.1, -0.05) is 71.5 Å². The number of benzene rings is 4. The van der Waals surface area contributed by atoms with Crippen LogP contribution < -0.4 is 15.4 Å². The minimum absolute atomic E-state index is 0.134. The lowest BCUT2D eigenvalue weighted by molar-refractivity contribution is -0.116. The maximum Gasteiger partial charge on any atom is 0.244 e. The summed E-state index contributed by atoms with van der Waals surface area (Å²) < 4.78 is 6.53. The summed E-state index contributed by atoms with van der Waals surface area (Å²) in [5.41, 5.74) is 3.20. The topological polar surface area (TPSA) is 80.3 Å². The van der Waals surface area contributed by atoms with Crippen LogP contribution >= 0.6 is 34.7 Å². The highest BCUT2D eigenvalue weighted by Crippen LogP contribution is 2.38. The summed E-state index contributed by atoms with van der Waals surface area (Å²) in [6.07, 6.45) is 0.234. The van der Waals surface area contributed by atoms with Gasteiger partial charge >= 0.3 is 0 Å². The predicted molar refractivity (Wildman–Crippen MR) is 165 cm³/mol. The van der Waals surface area contributed by atoms with Crippen LogP contribution in [0.2, 0.25) is 5.02 Å². The maximum absolute atomic E-state index is 13.6. The molecule has 5 aromatic rings. The third kappa shape index (κ3) is 7.21. The van der Waals surface area contributed by atoms with Crippen LogP contribution in [0.1, 0.15) is 23.3 Å². The van der Waals surface area contributed by atoms with Gasteiger partial charge in [0.1, 0.15) is 11.0 Å². The number of aromatic nitrogens is 1. The third-order valence-electron chi connectivity index (χ3n) is 5.89. The Morgan fingerprint density at radius 3 is 2.52 bits per heavy atom. The molecule has 0 aliphatic rings. The van der Waals surface area contributed by atoms with Crippen molar-refractivity contribution in [1.29, 1.82) is 0 Å². The van der Waals surface area contributed by atoms with Crippen molar-refractivity contribution in [2.45, 2.75) is 23.5 Å². The van der Waals surface area contributed by atoms with E-state index >= 15 is 0 Å². The molecule has 9 heteroatoms. The molecule has 202 valence electrons. The van der Waals surface area contributed by atoms with Crippen molar-refractivity contribution in [2.75, 3.05) is 17.2 Å². The predicted octanol–water partition coefficient (Wildman–Crippen LogP) is 8.00. The van der Waals surface area contributed by atoms with Crippen LogP contribution in [0, 0.1) is 0 Å². The first-order valence-electron chi connectivity index (χ1n) is 12.7. The Kier molecular flexibility index (Phi) is 9.01. The molecule has 0 bridgehead atoms. The number of nitrogens with zero attached hydrogens (tertiary/aromatic N) is 1. The molecule has 0 aliphatic heterocycles. The second kappa shape index (κ2) is 13.0. The van der Waals surface area contributed by atoms with E-state index in [1.54, 1.807) is 12.1 Å². The fraction of sp³-hybridized carbons (Fsp3) is 0.129. The van der Waals surface area contributed by atoms with Crippen LogP contribution in [-0.2, 0) is 16.0 Å². The fourth-order valence-electron chi connectivity index (χ4n) is 4.06. The Bertz CT molecular complexity index is 1620. The molecule has 0 radical (unpaired) electrons. The Balaban J connectivity index is 1.31. The zero-order chi connectivity index (χ0) is 27.9. The van der Waals surface area contributed by atoms with E-state index in [0.717, 1.165) is 32.0 Å². The summed E-state index contributed by atoms with van der Waals surface area (Å²) in [5.74, 6) is 0.456. The highest BCUT2D eigenvalue weighted by molar-refractivity contribution is 8.00. The first-order valence-corrected chi connectivity index (χ1v) is 14.7. The molecule has 5 rings (SSSR count).